The zero-order chi connectivity index (χ0) is 16.2. The molecule has 2 unspecified atom stereocenters. The highest BCUT2D eigenvalue weighted by molar-refractivity contribution is 14.0. The van der Waals surface area contributed by atoms with Gasteiger partial charge in [-0.2, -0.15) is 0 Å². The molecule has 0 radical (unpaired) electrons. The Balaban J connectivity index is 0.00000208. The normalized spacial score (nSPS) is 22.7. The predicted molar refractivity (Wildman–Crippen MR) is 106 cm³/mol. The summed E-state index contributed by atoms with van der Waals surface area (Å²) in [6.07, 6.45) is 3.59. The van der Waals surface area contributed by atoms with Crippen molar-refractivity contribution in [2.45, 2.75) is 31.2 Å². The van der Waals surface area contributed by atoms with E-state index in [0.29, 0.717) is 0 Å². The fourth-order valence-electron chi connectivity index (χ4n) is 2.83. The number of rotatable bonds is 7. The molecular formula is C18H27FIN3O. The van der Waals surface area contributed by atoms with Crippen LogP contribution in [0.5, 0.6) is 0 Å². The van der Waals surface area contributed by atoms with Crippen molar-refractivity contribution in [2.75, 3.05) is 33.9 Å². The Bertz CT molecular complexity index is 565. The van der Waals surface area contributed by atoms with Gasteiger partial charge in [0.05, 0.1) is 6.61 Å². The van der Waals surface area contributed by atoms with Gasteiger partial charge in [-0.1, -0.05) is 18.2 Å². The molecule has 6 heteroatoms. The lowest BCUT2D eigenvalue weighted by atomic mass is 10.1. The summed E-state index contributed by atoms with van der Waals surface area (Å²) in [5.41, 5.74) is 0.802. The zero-order valence-corrected chi connectivity index (χ0v) is 16.7. The topological polar surface area (TPSA) is 36.9 Å². The maximum Gasteiger partial charge on any atom is 0.193 e. The van der Waals surface area contributed by atoms with Gasteiger partial charge in [0.2, 0.25) is 0 Å². The van der Waals surface area contributed by atoms with Crippen LogP contribution in [0.15, 0.2) is 29.3 Å². The van der Waals surface area contributed by atoms with E-state index in [9.17, 15) is 4.39 Å². The van der Waals surface area contributed by atoms with Crippen molar-refractivity contribution >= 4 is 29.9 Å². The van der Waals surface area contributed by atoms with Crippen molar-refractivity contribution < 1.29 is 9.13 Å². The summed E-state index contributed by atoms with van der Waals surface area (Å²) in [7, 11) is 3.79. The van der Waals surface area contributed by atoms with Gasteiger partial charge in [0.15, 0.2) is 5.96 Å². The molecule has 2 atom stereocenters. The molecule has 2 fully saturated rings. The Labute approximate surface area is 160 Å². The molecule has 1 aromatic carbocycles. The maximum absolute atomic E-state index is 13.8. The summed E-state index contributed by atoms with van der Waals surface area (Å²) in [6, 6.07) is 7.30. The second-order valence-corrected chi connectivity index (χ2v) is 6.60. The lowest BCUT2D eigenvalue weighted by molar-refractivity contribution is 0.115. The molecule has 2 aliphatic carbocycles. The van der Waals surface area contributed by atoms with Crippen LogP contribution in [0, 0.1) is 11.7 Å². The number of hydrogen-bond acceptors (Lipinski definition) is 2. The van der Waals surface area contributed by atoms with E-state index in [1.54, 1.807) is 13.1 Å². The maximum atomic E-state index is 13.8. The van der Waals surface area contributed by atoms with Crippen LogP contribution in [0.1, 0.15) is 30.7 Å². The Morgan fingerprint density at radius 3 is 2.79 bits per heavy atom. The van der Waals surface area contributed by atoms with E-state index in [1.807, 2.05) is 19.2 Å². The van der Waals surface area contributed by atoms with E-state index in [0.717, 1.165) is 43.6 Å². The van der Waals surface area contributed by atoms with Crippen molar-refractivity contribution in [2.24, 2.45) is 10.9 Å². The number of nitrogens with zero attached hydrogens (tertiary/aromatic N) is 2. The molecular weight excluding hydrogens is 420 g/mol. The smallest absolute Gasteiger partial charge is 0.193 e. The van der Waals surface area contributed by atoms with E-state index >= 15 is 0 Å². The van der Waals surface area contributed by atoms with Gasteiger partial charge in [-0.15, -0.1) is 24.0 Å². The van der Waals surface area contributed by atoms with Gasteiger partial charge < -0.3 is 15.0 Å². The van der Waals surface area contributed by atoms with Crippen LogP contribution >= 0.6 is 24.0 Å². The van der Waals surface area contributed by atoms with Crippen LogP contribution in [-0.2, 0) is 4.74 Å². The molecule has 24 heavy (non-hydrogen) atoms. The van der Waals surface area contributed by atoms with Crippen molar-refractivity contribution in [3.05, 3.63) is 35.6 Å². The van der Waals surface area contributed by atoms with Crippen LogP contribution in [-0.4, -0.2) is 50.8 Å². The molecule has 0 heterocycles. The van der Waals surface area contributed by atoms with Gasteiger partial charge in [-0.05, 0) is 36.8 Å². The van der Waals surface area contributed by atoms with Gasteiger partial charge in [0.25, 0.3) is 0 Å². The summed E-state index contributed by atoms with van der Waals surface area (Å²) in [5.74, 6) is 1.78. The van der Waals surface area contributed by atoms with Crippen molar-refractivity contribution in [3.63, 3.8) is 0 Å². The van der Waals surface area contributed by atoms with E-state index in [2.05, 4.69) is 15.2 Å². The van der Waals surface area contributed by atoms with Crippen molar-refractivity contribution in [3.8, 4) is 0 Å². The molecule has 2 aliphatic rings. The molecule has 0 aromatic heterocycles. The number of benzene rings is 1. The van der Waals surface area contributed by atoms with Crippen LogP contribution in [0.3, 0.4) is 0 Å². The molecule has 4 nitrogen and oxygen atoms in total. The van der Waals surface area contributed by atoms with Gasteiger partial charge in [0, 0.05) is 39.2 Å². The fourth-order valence-corrected chi connectivity index (χ4v) is 2.83. The first-order valence-corrected chi connectivity index (χ1v) is 8.45. The highest BCUT2D eigenvalue weighted by Gasteiger charge is 2.40. The lowest BCUT2D eigenvalue weighted by Crippen LogP contribution is -2.42. The fraction of sp³-hybridized carbons (Fsp3) is 0.611. The third-order valence-corrected chi connectivity index (χ3v) is 4.60. The molecule has 0 spiro atoms. The molecule has 0 aliphatic heterocycles. The SMILES string of the molecule is CN=C(NC1CC1c1ccccc1F)N(C)CCOCC1CC1.I. The van der Waals surface area contributed by atoms with E-state index in [-0.39, 0.29) is 41.8 Å². The summed E-state index contributed by atoms with van der Waals surface area (Å²) in [6.45, 7) is 2.41. The molecule has 1 N–H and O–H groups in total. The average Bonchev–Trinajstić information content (AvgIpc) is 3.45. The molecule has 0 saturated heterocycles. The quantitative estimate of drug-likeness (QED) is 0.302. The van der Waals surface area contributed by atoms with Crippen LogP contribution in [0.25, 0.3) is 0 Å². The highest BCUT2D eigenvalue weighted by atomic mass is 127. The first kappa shape index (κ1) is 19.4. The first-order valence-electron chi connectivity index (χ1n) is 8.45. The Morgan fingerprint density at radius 2 is 2.12 bits per heavy atom. The molecule has 0 bridgehead atoms. The first-order chi connectivity index (χ1) is 11.2. The largest absolute Gasteiger partial charge is 0.379 e. The monoisotopic (exact) mass is 447 g/mol. The van der Waals surface area contributed by atoms with E-state index < -0.39 is 0 Å². The number of hydrogen-bond donors (Lipinski definition) is 1. The van der Waals surface area contributed by atoms with Crippen LogP contribution in [0.4, 0.5) is 4.39 Å². The molecule has 2 saturated carbocycles. The Morgan fingerprint density at radius 1 is 1.38 bits per heavy atom. The molecule has 1 aromatic rings. The number of halogens is 2. The summed E-state index contributed by atoms with van der Waals surface area (Å²) in [4.78, 5) is 6.40. The predicted octanol–water partition coefficient (Wildman–Crippen LogP) is 3.23. The van der Waals surface area contributed by atoms with Gasteiger partial charge in [0.1, 0.15) is 5.82 Å². The second-order valence-electron chi connectivity index (χ2n) is 6.60. The van der Waals surface area contributed by atoms with Gasteiger partial charge >= 0.3 is 0 Å². The van der Waals surface area contributed by atoms with Gasteiger partial charge in [-0.25, -0.2) is 4.39 Å². The van der Waals surface area contributed by atoms with Crippen molar-refractivity contribution in [1.29, 1.82) is 0 Å². The number of likely N-dealkylation sites (N-methyl/N-ethyl adjacent to an activating group) is 1. The summed E-state index contributed by atoms with van der Waals surface area (Å²) < 4.78 is 19.5. The zero-order valence-electron chi connectivity index (χ0n) is 14.4. The number of nitrogens with one attached hydrogen (secondary N) is 1. The highest BCUT2D eigenvalue weighted by Crippen LogP contribution is 2.41. The average molecular weight is 447 g/mol. The van der Waals surface area contributed by atoms with Crippen LogP contribution in [0.2, 0.25) is 0 Å². The second kappa shape index (κ2) is 8.99. The van der Waals surface area contributed by atoms with E-state index in [4.69, 9.17) is 4.74 Å². The van der Waals surface area contributed by atoms with Gasteiger partial charge in [-0.3, -0.25) is 4.99 Å². The minimum Gasteiger partial charge on any atom is -0.379 e. The Hall–Kier alpha value is -0.890. The number of aliphatic imine (C=N–C) groups is 1. The molecule has 0 amide bonds. The summed E-state index contributed by atoms with van der Waals surface area (Å²) >= 11 is 0. The minimum atomic E-state index is -0.112. The number of guanidine groups is 1. The molecule has 134 valence electrons. The third-order valence-electron chi connectivity index (χ3n) is 4.60. The summed E-state index contributed by atoms with van der Waals surface area (Å²) in [5, 5.41) is 3.43. The van der Waals surface area contributed by atoms with E-state index in [1.165, 1.54) is 18.9 Å². The third kappa shape index (κ3) is 5.31. The molecule has 3 rings (SSSR count). The minimum absolute atomic E-state index is 0. The van der Waals surface area contributed by atoms with Crippen LogP contribution < -0.4 is 5.32 Å². The van der Waals surface area contributed by atoms with Crippen molar-refractivity contribution in [1.82, 2.24) is 10.2 Å². The standard InChI is InChI=1S/C18H26FN3O.HI/c1-20-18(22(2)9-10-23-12-13-7-8-13)21-17-11-15(17)14-5-3-4-6-16(14)19;/h3-6,13,15,17H,7-12H2,1-2H3,(H,20,21);1H. The lowest BCUT2D eigenvalue weighted by Gasteiger charge is -2.22. The number of ether oxygens (including phenoxy) is 1. The Kier molecular flexibility index (Phi) is 7.28.